The van der Waals surface area contributed by atoms with E-state index in [9.17, 15) is 22.8 Å². The molecule has 1 N–H and O–H groups in total. The first-order valence-electron chi connectivity index (χ1n) is 11.0. The standard InChI is InChI=1S/C27H22F3N3O2/c1-32-15-21(18-7-5-6-10-22(18)32)24-23(19-8-3-4-9-20(19)26(35)33(24)2)25(34)31-17-13-11-16(12-14-17)27(28,29)30/h3-15,23-24H,1-2H3,(H,31,34)/t23-,24+/m0/s1. The molecule has 1 aromatic heterocycles. The Labute approximate surface area is 199 Å². The van der Waals surface area contributed by atoms with Gasteiger partial charge in [0.1, 0.15) is 0 Å². The number of fused-ring (bicyclic) bond motifs is 2. The summed E-state index contributed by atoms with van der Waals surface area (Å²) in [6, 6.07) is 18.4. The van der Waals surface area contributed by atoms with Crippen LogP contribution in [0.4, 0.5) is 18.9 Å². The van der Waals surface area contributed by atoms with Crippen molar-refractivity contribution < 1.29 is 22.8 Å². The quantitative estimate of drug-likeness (QED) is 0.409. The number of carbonyl (C=O) groups is 2. The molecular weight excluding hydrogens is 455 g/mol. The van der Waals surface area contributed by atoms with Gasteiger partial charge < -0.3 is 14.8 Å². The smallest absolute Gasteiger partial charge is 0.350 e. The summed E-state index contributed by atoms with van der Waals surface area (Å²) in [6.45, 7) is 0. The molecule has 0 aliphatic carbocycles. The largest absolute Gasteiger partial charge is 0.416 e. The van der Waals surface area contributed by atoms with Crippen LogP contribution in [0.25, 0.3) is 10.9 Å². The number of benzene rings is 3. The summed E-state index contributed by atoms with van der Waals surface area (Å²) in [4.78, 5) is 28.6. The van der Waals surface area contributed by atoms with Gasteiger partial charge in [-0.15, -0.1) is 0 Å². The molecule has 178 valence electrons. The van der Waals surface area contributed by atoms with Crippen molar-refractivity contribution in [2.24, 2.45) is 7.05 Å². The van der Waals surface area contributed by atoms with Crippen molar-refractivity contribution in [3.8, 4) is 0 Å². The van der Waals surface area contributed by atoms with E-state index >= 15 is 0 Å². The molecule has 0 unspecified atom stereocenters. The van der Waals surface area contributed by atoms with Crippen molar-refractivity contribution in [2.45, 2.75) is 18.1 Å². The molecule has 0 spiro atoms. The van der Waals surface area contributed by atoms with Gasteiger partial charge in [0.25, 0.3) is 5.91 Å². The van der Waals surface area contributed by atoms with E-state index in [0.29, 0.717) is 11.1 Å². The van der Waals surface area contributed by atoms with E-state index in [0.717, 1.165) is 28.6 Å². The molecule has 0 bridgehead atoms. The number of rotatable bonds is 3. The molecule has 1 aliphatic heterocycles. The summed E-state index contributed by atoms with van der Waals surface area (Å²) in [6.07, 6.45) is -2.54. The molecule has 5 nitrogen and oxygen atoms in total. The van der Waals surface area contributed by atoms with Crippen molar-refractivity contribution >= 4 is 28.4 Å². The summed E-state index contributed by atoms with van der Waals surface area (Å²) in [5, 5.41) is 3.69. The number of likely N-dealkylation sites (N-methyl/N-ethyl adjacent to an activating group) is 1. The zero-order valence-corrected chi connectivity index (χ0v) is 19.0. The van der Waals surface area contributed by atoms with Gasteiger partial charge in [-0.2, -0.15) is 13.2 Å². The highest BCUT2D eigenvalue weighted by molar-refractivity contribution is 6.05. The van der Waals surface area contributed by atoms with Crippen LogP contribution in [-0.2, 0) is 18.0 Å². The maximum absolute atomic E-state index is 13.7. The molecule has 0 saturated heterocycles. The van der Waals surface area contributed by atoms with E-state index in [4.69, 9.17) is 0 Å². The number of amides is 2. The van der Waals surface area contributed by atoms with Crippen LogP contribution in [0.5, 0.6) is 0 Å². The highest BCUT2D eigenvalue weighted by Gasteiger charge is 2.43. The molecular formula is C27H22F3N3O2. The van der Waals surface area contributed by atoms with Gasteiger partial charge in [0, 0.05) is 48.0 Å². The van der Waals surface area contributed by atoms with Gasteiger partial charge >= 0.3 is 6.18 Å². The molecule has 8 heteroatoms. The SMILES string of the molecule is CN1C(=O)c2ccccc2[C@H](C(=O)Nc2ccc(C(F)(F)F)cc2)[C@H]1c1cn(C)c2ccccc12. The minimum atomic E-state index is -4.46. The van der Waals surface area contributed by atoms with Gasteiger partial charge in [-0.25, -0.2) is 0 Å². The Hall–Kier alpha value is -4.07. The zero-order chi connectivity index (χ0) is 24.9. The Morgan fingerprint density at radius 1 is 0.886 bits per heavy atom. The van der Waals surface area contributed by atoms with Crippen LogP contribution in [0.2, 0.25) is 0 Å². The Balaban J connectivity index is 1.60. The van der Waals surface area contributed by atoms with E-state index in [1.54, 1.807) is 36.2 Å². The van der Waals surface area contributed by atoms with Crippen molar-refractivity contribution in [3.05, 3.63) is 101 Å². The third-order valence-corrected chi connectivity index (χ3v) is 6.59. The van der Waals surface area contributed by atoms with Crippen molar-refractivity contribution in [3.63, 3.8) is 0 Å². The number of hydrogen-bond acceptors (Lipinski definition) is 2. The number of alkyl halides is 3. The number of anilines is 1. The van der Waals surface area contributed by atoms with Crippen LogP contribution in [0.1, 0.15) is 39.0 Å². The van der Waals surface area contributed by atoms with Gasteiger partial charge in [-0.3, -0.25) is 9.59 Å². The minimum absolute atomic E-state index is 0.197. The van der Waals surface area contributed by atoms with Crippen LogP contribution in [0.15, 0.2) is 79.0 Å². The molecule has 0 radical (unpaired) electrons. The maximum atomic E-state index is 13.7. The predicted molar refractivity (Wildman–Crippen MR) is 127 cm³/mol. The van der Waals surface area contributed by atoms with E-state index < -0.39 is 29.6 Å². The third kappa shape index (κ3) is 3.84. The molecule has 2 heterocycles. The minimum Gasteiger partial charge on any atom is -0.350 e. The Bertz CT molecular complexity index is 1440. The monoisotopic (exact) mass is 477 g/mol. The Kier molecular flexibility index (Phi) is 5.39. The lowest BCUT2D eigenvalue weighted by molar-refractivity contribution is -0.137. The number of nitrogens with zero attached hydrogens (tertiary/aromatic N) is 2. The molecule has 0 fully saturated rings. The van der Waals surface area contributed by atoms with Crippen molar-refractivity contribution in [1.29, 1.82) is 0 Å². The molecule has 4 aromatic rings. The number of aryl methyl sites for hydroxylation is 1. The number of nitrogens with one attached hydrogen (secondary N) is 1. The first kappa shape index (κ1) is 22.7. The van der Waals surface area contributed by atoms with E-state index in [-0.39, 0.29) is 11.6 Å². The second kappa shape index (κ2) is 8.30. The van der Waals surface area contributed by atoms with Gasteiger partial charge in [0.05, 0.1) is 17.5 Å². The van der Waals surface area contributed by atoms with Gasteiger partial charge in [-0.05, 0) is 42.0 Å². The van der Waals surface area contributed by atoms with Gasteiger partial charge in [0.15, 0.2) is 0 Å². The maximum Gasteiger partial charge on any atom is 0.416 e. The summed E-state index contributed by atoms with van der Waals surface area (Å²) >= 11 is 0. The Morgan fingerprint density at radius 3 is 2.26 bits per heavy atom. The van der Waals surface area contributed by atoms with Gasteiger partial charge in [-0.1, -0.05) is 36.4 Å². The Morgan fingerprint density at radius 2 is 1.54 bits per heavy atom. The average molecular weight is 477 g/mol. The lowest BCUT2D eigenvalue weighted by atomic mass is 9.79. The number of hydrogen-bond donors (Lipinski definition) is 1. The summed E-state index contributed by atoms with van der Waals surface area (Å²) < 4.78 is 40.8. The fourth-order valence-electron chi connectivity index (χ4n) is 4.92. The lowest BCUT2D eigenvalue weighted by Crippen LogP contribution is -2.44. The van der Waals surface area contributed by atoms with Crippen molar-refractivity contribution in [1.82, 2.24) is 9.47 Å². The molecule has 2 amide bonds. The molecule has 0 saturated carbocycles. The van der Waals surface area contributed by atoms with Crippen LogP contribution in [0.3, 0.4) is 0 Å². The highest BCUT2D eigenvalue weighted by Crippen LogP contribution is 2.45. The molecule has 3 aromatic carbocycles. The fraction of sp³-hybridized carbons (Fsp3) is 0.185. The summed E-state index contributed by atoms with van der Waals surface area (Å²) in [5.41, 5.74) is 2.25. The van der Waals surface area contributed by atoms with E-state index in [2.05, 4.69) is 5.32 Å². The average Bonchev–Trinajstić information content (AvgIpc) is 3.17. The first-order valence-corrected chi connectivity index (χ1v) is 11.0. The molecule has 1 aliphatic rings. The third-order valence-electron chi connectivity index (χ3n) is 6.59. The number of aromatic nitrogens is 1. The number of para-hydroxylation sites is 1. The molecule has 2 atom stereocenters. The lowest BCUT2D eigenvalue weighted by Gasteiger charge is -2.39. The highest BCUT2D eigenvalue weighted by atomic mass is 19.4. The van der Waals surface area contributed by atoms with Crippen LogP contribution in [0, 0.1) is 0 Å². The number of carbonyl (C=O) groups excluding carboxylic acids is 2. The fourth-order valence-corrected chi connectivity index (χ4v) is 4.92. The predicted octanol–water partition coefficient (Wildman–Crippen LogP) is 5.75. The van der Waals surface area contributed by atoms with E-state index in [1.807, 2.05) is 42.1 Å². The summed E-state index contributed by atoms with van der Waals surface area (Å²) in [5.74, 6) is -1.38. The summed E-state index contributed by atoms with van der Waals surface area (Å²) in [7, 11) is 3.57. The molecule has 5 rings (SSSR count). The van der Waals surface area contributed by atoms with Crippen molar-refractivity contribution in [2.75, 3.05) is 12.4 Å². The number of halogens is 3. The molecule has 35 heavy (non-hydrogen) atoms. The van der Waals surface area contributed by atoms with Crippen LogP contribution in [-0.4, -0.2) is 28.3 Å². The van der Waals surface area contributed by atoms with Crippen LogP contribution >= 0.6 is 0 Å². The first-order chi connectivity index (χ1) is 16.7. The zero-order valence-electron chi connectivity index (χ0n) is 19.0. The topological polar surface area (TPSA) is 54.3 Å². The van der Waals surface area contributed by atoms with Gasteiger partial charge in [0.2, 0.25) is 5.91 Å². The second-order valence-corrected chi connectivity index (χ2v) is 8.70. The van der Waals surface area contributed by atoms with Crippen LogP contribution < -0.4 is 5.32 Å². The normalized spacial score (nSPS) is 18.0. The van der Waals surface area contributed by atoms with E-state index in [1.165, 1.54) is 12.1 Å². The second-order valence-electron chi connectivity index (χ2n) is 8.70.